The third-order valence-corrected chi connectivity index (χ3v) is 3.97. The Morgan fingerprint density at radius 1 is 1.04 bits per heavy atom. The number of fused-ring (bicyclic) bond motifs is 1. The molecule has 1 aliphatic rings. The van der Waals surface area contributed by atoms with Crippen LogP contribution in [0.15, 0.2) is 36.4 Å². The van der Waals surface area contributed by atoms with Crippen molar-refractivity contribution in [3.05, 3.63) is 47.5 Å². The highest BCUT2D eigenvalue weighted by molar-refractivity contribution is 7.16. The molecule has 0 aromatic heterocycles. The maximum Gasteiger partial charge on any atom is 0.255 e. The van der Waals surface area contributed by atoms with Crippen LogP contribution in [0.5, 0.6) is 17.2 Å². The minimum Gasteiger partial charge on any atom is -0.497 e. The van der Waals surface area contributed by atoms with E-state index in [2.05, 4.69) is 19.9 Å². The van der Waals surface area contributed by atoms with E-state index < -0.39 is 0 Å². The first-order valence-corrected chi connectivity index (χ1v) is 8.24. The minimum atomic E-state index is -0.350. The Labute approximate surface area is 142 Å². The van der Waals surface area contributed by atoms with E-state index in [-0.39, 0.29) is 12.1 Å². The van der Waals surface area contributed by atoms with E-state index in [0.29, 0.717) is 29.2 Å². The Bertz CT molecular complexity index is 766. The summed E-state index contributed by atoms with van der Waals surface area (Å²) in [5.41, 5.74) is 2.19. The normalized spacial score (nSPS) is 15.8. The fraction of sp³-hybridized carbons (Fsp3) is 0.235. The number of ether oxygens (including phenoxy) is 3. The first kappa shape index (κ1) is 16.4. The molecule has 2 unspecified atom stereocenters. The van der Waals surface area contributed by atoms with E-state index in [1.807, 2.05) is 30.3 Å². The number of carbonyl (C=O) groups is 1. The third-order valence-electron chi connectivity index (χ3n) is 3.81. The third kappa shape index (κ3) is 3.10. The van der Waals surface area contributed by atoms with Gasteiger partial charge in [0, 0.05) is 5.69 Å². The molecule has 126 valence electrons. The molecule has 3 rings (SSSR count). The summed E-state index contributed by atoms with van der Waals surface area (Å²) in [4.78, 5) is 12.4. The van der Waals surface area contributed by atoms with Gasteiger partial charge < -0.3 is 24.8 Å². The fourth-order valence-corrected chi connectivity index (χ4v) is 2.78. The average Bonchev–Trinajstić information content (AvgIpc) is 2.62. The zero-order valence-corrected chi connectivity index (χ0v) is 14.6. The van der Waals surface area contributed by atoms with Crippen molar-refractivity contribution in [2.45, 2.75) is 6.17 Å². The summed E-state index contributed by atoms with van der Waals surface area (Å²) in [5, 5.41) is 6.25. The zero-order valence-electron chi connectivity index (χ0n) is 13.5. The van der Waals surface area contributed by atoms with E-state index in [4.69, 9.17) is 14.2 Å². The SMILES string of the molecule is COc1ccc2c(c1)C(=O)NC(c1ccc(OCP)c(OC)c1)N2. The molecule has 1 aliphatic heterocycles. The van der Waals surface area contributed by atoms with E-state index in [1.165, 1.54) is 0 Å². The van der Waals surface area contributed by atoms with Gasteiger partial charge in [0.1, 0.15) is 18.3 Å². The summed E-state index contributed by atoms with van der Waals surface area (Å²) in [7, 11) is 5.66. The molecule has 0 saturated heterocycles. The lowest BCUT2D eigenvalue weighted by Gasteiger charge is -2.28. The van der Waals surface area contributed by atoms with Crippen LogP contribution in [-0.4, -0.2) is 26.5 Å². The molecule has 0 radical (unpaired) electrons. The van der Waals surface area contributed by atoms with Gasteiger partial charge in [0.15, 0.2) is 11.5 Å². The summed E-state index contributed by atoms with van der Waals surface area (Å²) in [5.74, 6) is 1.76. The van der Waals surface area contributed by atoms with Gasteiger partial charge in [-0.15, -0.1) is 0 Å². The van der Waals surface area contributed by atoms with Crippen molar-refractivity contribution in [1.82, 2.24) is 5.32 Å². The monoisotopic (exact) mass is 346 g/mol. The van der Waals surface area contributed by atoms with E-state index in [9.17, 15) is 4.79 Å². The highest BCUT2D eigenvalue weighted by Crippen LogP contribution is 2.34. The molecule has 2 aromatic rings. The van der Waals surface area contributed by atoms with Crippen molar-refractivity contribution < 1.29 is 19.0 Å². The number of anilines is 1. The highest BCUT2D eigenvalue weighted by Gasteiger charge is 2.25. The van der Waals surface area contributed by atoms with Crippen LogP contribution in [0.4, 0.5) is 5.69 Å². The summed E-state index contributed by atoms with van der Waals surface area (Å²) in [6, 6.07) is 10.9. The number of nitrogens with one attached hydrogen (secondary N) is 2. The molecule has 1 heterocycles. The zero-order chi connectivity index (χ0) is 17.1. The van der Waals surface area contributed by atoms with E-state index >= 15 is 0 Å². The summed E-state index contributed by atoms with van der Waals surface area (Å²) >= 11 is 0. The second-order valence-electron chi connectivity index (χ2n) is 5.18. The van der Waals surface area contributed by atoms with Crippen molar-refractivity contribution >= 4 is 20.8 Å². The molecule has 24 heavy (non-hydrogen) atoms. The van der Waals surface area contributed by atoms with Gasteiger partial charge in [-0.25, -0.2) is 0 Å². The molecule has 0 saturated carbocycles. The Balaban J connectivity index is 1.90. The standard InChI is InChI=1S/C17H19N2O4P/c1-21-11-4-5-13-12(8-11)17(20)19-16(18-13)10-3-6-14(23-9-24)15(7-10)22-2/h3-8,16,18H,9,24H2,1-2H3,(H,19,20). The molecule has 6 nitrogen and oxygen atoms in total. The van der Waals surface area contributed by atoms with Crippen molar-refractivity contribution in [2.75, 3.05) is 25.9 Å². The van der Waals surface area contributed by atoms with Gasteiger partial charge in [-0.05, 0) is 35.9 Å². The summed E-state index contributed by atoms with van der Waals surface area (Å²) in [6.45, 7) is 0. The number of benzene rings is 2. The molecule has 7 heteroatoms. The maximum atomic E-state index is 12.4. The smallest absolute Gasteiger partial charge is 0.255 e. The van der Waals surface area contributed by atoms with Crippen molar-refractivity contribution in [3.8, 4) is 17.2 Å². The van der Waals surface area contributed by atoms with Crippen LogP contribution in [0.1, 0.15) is 22.1 Å². The van der Waals surface area contributed by atoms with Crippen molar-refractivity contribution in [1.29, 1.82) is 0 Å². The fourth-order valence-electron chi connectivity index (χ4n) is 2.60. The molecule has 1 amide bonds. The van der Waals surface area contributed by atoms with Crippen LogP contribution in [-0.2, 0) is 0 Å². The first-order chi connectivity index (χ1) is 11.7. The van der Waals surface area contributed by atoms with Crippen LogP contribution >= 0.6 is 9.24 Å². The average molecular weight is 346 g/mol. The summed E-state index contributed by atoms with van der Waals surface area (Å²) in [6.07, 6.45) is 0.126. The Morgan fingerprint density at radius 2 is 1.88 bits per heavy atom. The van der Waals surface area contributed by atoms with Crippen molar-refractivity contribution in [2.24, 2.45) is 0 Å². The number of hydrogen-bond acceptors (Lipinski definition) is 5. The Morgan fingerprint density at radius 3 is 2.58 bits per heavy atom. The van der Waals surface area contributed by atoms with Crippen LogP contribution in [0.2, 0.25) is 0 Å². The highest BCUT2D eigenvalue weighted by atomic mass is 31.0. The summed E-state index contributed by atoms with van der Waals surface area (Å²) < 4.78 is 16.0. The molecule has 0 spiro atoms. The number of carbonyl (C=O) groups excluding carboxylic acids is 1. The molecule has 2 N–H and O–H groups in total. The van der Waals surface area contributed by atoms with Gasteiger partial charge in [-0.3, -0.25) is 4.79 Å². The van der Waals surface area contributed by atoms with E-state index in [0.717, 1.165) is 11.3 Å². The topological polar surface area (TPSA) is 68.8 Å². The molecule has 0 fully saturated rings. The quantitative estimate of drug-likeness (QED) is 0.815. The van der Waals surface area contributed by atoms with Gasteiger partial charge >= 0.3 is 0 Å². The second kappa shape index (κ2) is 6.97. The van der Waals surface area contributed by atoms with Crippen LogP contribution < -0.4 is 24.8 Å². The lowest BCUT2D eigenvalue weighted by atomic mass is 10.0. The van der Waals surface area contributed by atoms with Gasteiger partial charge in [-0.1, -0.05) is 15.3 Å². The van der Waals surface area contributed by atoms with Crippen LogP contribution in [0, 0.1) is 0 Å². The molecule has 0 aliphatic carbocycles. The predicted molar refractivity (Wildman–Crippen MR) is 95.0 cm³/mol. The van der Waals surface area contributed by atoms with Crippen LogP contribution in [0.3, 0.4) is 0 Å². The van der Waals surface area contributed by atoms with Gasteiger partial charge in [0.2, 0.25) is 0 Å². The van der Waals surface area contributed by atoms with Crippen LogP contribution in [0.25, 0.3) is 0 Å². The molecular weight excluding hydrogens is 327 g/mol. The van der Waals surface area contributed by atoms with E-state index in [1.54, 1.807) is 20.3 Å². The predicted octanol–water partition coefficient (Wildman–Crippen LogP) is 2.77. The van der Waals surface area contributed by atoms with Gasteiger partial charge in [-0.2, -0.15) is 0 Å². The molecule has 2 aromatic carbocycles. The number of rotatable bonds is 5. The molecule has 2 atom stereocenters. The molecular formula is C17H19N2O4P. The Kier molecular flexibility index (Phi) is 4.76. The maximum absolute atomic E-state index is 12.4. The number of amides is 1. The lowest BCUT2D eigenvalue weighted by Crippen LogP contribution is -2.38. The molecule has 0 bridgehead atoms. The second-order valence-corrected chi connectivity index (χ2v) is 5.52. The minimum absolute atomic E-state index is 0.156. The van der Waals surface area contributed by atoms with Gasteiger partial charge in [0.25, 0.3) is 5.91 Å². The number of hydrogen-bond donors (Lipinski definition) is 2. The van der Waals surface area contributed by atoms with Gasteiger partial charge in [0.05, 0.1) is 19.8 Å². The number of methoxy groups -OCH3 is 2. The largest absolute Gasteiger partial charge is 0.497 e. The van der Waals surface area contributed by atoms with Crippen molar-refractivity contribution in [3.63, 3.8) is 0 Å². The Hall–Kier alpha value is -2.46. The first-order valence-electron chi connectivity index (χ1n) is 7.42. The lowest BCUT2D eigenvalue weighted by molar-refractivity contribution is 0.0935.